The number of halogens is 1. The number of imidazole rings is 1. The molecule has 1 aromatic carbocycles. The van der Waals surface area contributed by atoms with E-state index in [1.165, 1.54) is 0 Å². The monoisotopic (exact) mass is 314 g/mol. The lowest BCUT2D eigenvalue weighted by Crippen LogP contribution is -2.05. The predicted molar refractivity (Wildman–Crippen MR) is 91.4 cm³/mol. The Morgan fingerprint density at radius 3 is 2.86 bits per heavy atom. The molecule has 5 heteroatoms. The van der Waals surface area contributed by atoms with Gasteiger partial charge >= 0.3 is 0 Å². The van der Waals surface area contributed by atoms with Gasteiger partial charge in [-0.15, -0.1) is 0 Å². The Kier molecular flexibility index (Phi) is 4.59. The van der Waals surface area contributed by atoms with Gasteiger partial charge in [-0.2, -0.15) is 0 Å². The molecule has 0 spiro atoms. The van der Waals surface area contributed by atoms with Crippen molar-refractivity contribution in [3.05, 3.63) is 53.7 Å². The van der Waals surface area contributed by atoms with Crippen LogP contribution in [0.1, 0.15) is 18.7 Å². The third-order valence-corrected chi connectivity index (χ3v) is 4.00. The minimum absolute atomic E-state index is 0.716. The second-order valence-electron chi connectivity index (χ2n) is 5.32. The molecule has 0 amide bonds. The van der Waals surface area contributed by atoms with Gasteiger partial charge < -0.3 is 9.88 Å². The van der Waals surface area contributed by atoms with Crippen molar-refractivity contribution in [2.24, 2.45) is 0 Å². The standard InChI is InChI=1S/C17H19ClN4/c1-13-19-9-11-22(13)10-3-2-7-20-16-6-8-21-17-12-14(18)4-5-15(16)17/h4-6,8-9,11-12H,2-3,7,10H2,1H3,(H,20,21). The minimum atomic E-state index is 0.716. The topological polar surface area (TPSA) is 42.7 Å². The lowest BCUT2D eigenvalue weighted by Gasteiger charge is -2.10. The maximum Gasteiger partial charge on any atom is 0.105 e. The number of aryl methyl sites for hydroxylation is 2. The van der Waals surface area contributed by atoms with Gasteiger partial charge in [0, 0.05) is 47.8 Å². The van der Waals surface area contributed by atoms with Crippen molar-refractivity contribution >= 4 is 28.2 Å². The van der Waals surface area contributed by atoms with E-state index in [0.717, 1.165) is 48.3 Å². The molecule has 2 aromatic heterocycles. The maximum absolute atomic E-state index is 6.01. The number of fused-ring (bicyclic) bond motifs is 1. The highest BCUT2D eigenvalue weighted by atomic mass is 35.5. The highest BCUT2D eigenvalue weighted by Gasteiger charge is 2.02. The second-order valence-corrected chi connectivity index (χ2v) is 5.76. The number of nitrogens with zero attached hydrogens (tertiary/aromatic N) is 3. The van der Waals surface area contributed by atoms with E-state index in [1.807, 2.05) is 49.8 Å². The third-order valence-electron chi connectivity index (χ3n) is 3.77. The molecule has 0 bridgehead atoms. The number of anilines is 1. The van der Waals surface area contributed by atoms with Crippen LogP contribution in [0.2, 0.25) is 5.02 Å². The summed E-state index contributed by atoms with van der Waals surface area (Å²) >= 11 is 6.01. The molecule has 0 atom stereocenters. The molecule has 3 aromatic rings. The van der Waals surface area contributed by atoms with Crippen molar-refractivity contribution in [2.45, 2.75) is 26.3 Å². The lowest BCUT2D eigenvalue weighted by molar-refractivity contribution is 0.607. The van der Waals surface area contributed by atoms with Gasteiger partial charge in [0.05, 0.1) is 5.52 Å². The van der Waals surface area contributed by atoms with Crippen molar-refractivity contribution in [1.29, 1.82) is 0 Å². The molecule has 0 aliphatic heterocycles. The molecule has 0 unspecified atom stereocenters. The zero-order chi connectivity index (χ0) is 15.4. The summed E-state index contributed by atoms with van der Waals surface area (Å²) in [5.41, 5.74) is 2.03. The number of rotatable bonds is 6. The number of hydrogen-bond acceptors (Lipinski definition) is 3. The number of benzene rings is 1. The Hall–Kier alpha value is -2.07. The summed E-state index contributed by atoms with van der Waals surface area (Å²) in [4.78, 5) is 8.59. The maximum atomic E-state index is 6.01. The number of nitrogens with one attached hydrogen (secondary N) is 1. The first-order valence-electron chi connectivity index (χ1n) is 7.50. The molecule has 0 radical (unpaired) electrons. The van der Waals surface area contributed by atoms with E-state index >= 15 is 0 Å². The summed E-state index contributed by atoms with van der Waals surface area (Å²) in [5.74, 6) is 1.07. The van der Waals surface area contributed by atoms with Crippen LogP contribution >= 0.6 is 11.6 Å². The van der Waals surface area contributed by atoms with E-state index in [2.05, 4.69) is 19.9 Å². The second kappa shape index (κ2) is 6.79. The average molecular weight is 315 g/mol. The quantitative estimate of drug-likeness (QED) is 0.690. The Bertz CT molecular complexity index is 766. The average Bonchev–Trinajstić information content (AvgIpc) is 2.92. The molecule has 3 rings (SSSR count). The fourth-order valence-electron chi connectivity index (χ4n) is 2.55. The van der Waals surface area contributed by atoms with Crippen molar-refractivity contribution in [3.8, 4) is 0 Å². The summed E-state index contributed by atoms with van der Waals surface area (Å²) < 4.78 is 2.18. The largest absolute Gasteiger partial charge is 0.384 e. The SMILES string of the molecule is Cc1nccn1CCCCNc1ccnc2cc(Cl)ccc12. The van der Waals surface area contributed by atoms with Crippen molar-refractivity contribution in [2.75, 3.05) is 11.9 Å². The molecule has 0 saturated carbocycles. The lowest BCUT2D eigenvalue weighted by atomic mass is 10.2. The summed E-state index contributed by atoms with van der Waals surface area (Å²) in [7, 11) is 0. The summed E-state index contributed by atoms with van der Waals surface area (Å²) in [6, 6.07) is 7.82. The fourth-order valence-corrected chi connectivity index (χ4v) is 2.71. The van der Waals surface area contributed by atoms with Gasteiger partial charge in [-0.3, -0.25) is 4.98 Å². The molecular formula is C17H19ClN4. The van der Waals surface area contributed by atoms with E-state index in [-0.39, 0.29) is 0 Å². The molecule has 0 saturated heterocycles. The summed E-state index contributed by atoms with van der Waals surface area (Å²) in [6.45, 7) is 3.99. The predicted octanol–water partition coefficient (Wildman–Crippen LogP) is 4.29. The highest BCUT2D eigenvalue weighted by molar-refractivity contribution is 6.31. The molecular weight excluding hydrogens is 296 g/mol. The van der Waals surface area contributed by atoms with Gasteiger partial charge in [0.25, 0.3) is 0 Å². The van der Waals surface area contributed by atoms with Crippen LogP contribution in [-0.2, 0) is 6.54 Å². The molecule has 0 aliphatic carbocycles. The number of pyridine rings is 1. The van der Waals surface area contributed by atoms with Gasteiger partial charge in [-0.05, 0) is 44.0 Å². The van der Waals surface area contributed by atoms with E-state index in [1.54, 1.807) is 0 Å². The molecule has 1 N–H and O–H groups in total. The number of aromatic nitrogens is 3. The van der Waals surface area contributed by atoms with Gasteiger partial charge in [-0.25, -0.2) is 4.98 Å². The van der Waals surface area contributed by atoms with Gasteiger partial charge in [-0.1, -0.05) is 11.6 Å². The van der Waals surface area contributed by atoms with E-state index < -0.39 is 0 Å². The van der Waals surface area contributed by atoms with Crippen molar-refractivity contribution < 1.29 is 0 Å². The van der Waals surface area contributed by atoms with Gasteiger partial charge in [0.15, 0.2) is 0 Å². The highest BCUT2D eigenvalue weighted by Crippen LogP contribution is 2.24. The van der Waals surface area contributed by atoms with E-state index in [9.17, 15) is 0 Å². The summed E-state index contributed by atoms with van der Waals surface area (Å²) in [6.07, 6.45) is 7.93. The van der Waals surface area contributed by atoms with Crippen LogP contribution in [0.3, 0.4) is 0 Å². The molecule has 0 fully saturated rings. The zero-order valence-electron chi connectivity index (χ0n) is 12.6. The minimum Gasteiger partial charge on any atom is -0.384 e. The van der Waals surface area contributed by atoms with Gasteiger partial charge in [0.1, 0.15) is 5.82 Å². The van der Waals surface area contributed by atoms with Crippen LogP contribution in [0.15, 0.2) is 42.9 Å². The van der Waals surface area contributed by atoms with E-state index in [4.69, 9.17) is 11.6 Å². The third kappa shape index (κ3) is 3.39. The van der Waals surface area contributed by atoms with Crippen LogP contribution in [0, 0.1) is 6.92 Å². The van der Waals surface area contributed by atoms with Crippen molar-refractivity contribution in [3.63, 3.8) is 0 Å². The first-order chi connectivity index (χ1) is 10.7. The normalized spacial score (nSPS) is 11.0. The molecule has 2 heterocycles. The summed E-state index contributed by atoms with van der Waals surface area (Å²) in [5, 5.41) is 5.32. The smallest absolute Gasteiger partial charge is 0.105 e. The molecule has 0 aliphatic rings. The van der Waals surface area contributed by atoms with Crippen LogP contribution in [-0.4, -0.2) is 21.1 Å². The molecule has 4 nitrogen and oxygen atoms in total. The van der Waals surface area contributed by atoms with Crippen molar-refractivity contribution in [1.82, 2.24) is 14.5 Å². The van der Waals surface area contributed by atoms with Crippen LogP contribution in [0.25, 0.3) is 10.9 Å². The number of unbranched alkanes of at least 4 members (excludes halogenated alkanes) is 1. The number of hydrogen-bond donors (Lipinski definition) is 1. The molecule has 22 heavy (non-hydrogen) atoms. The Morgan fingerprint density at radius 1 is 1.14 bits per heavy atom. The van der Waals surface area contributed by atoms with Crippen LogP contribution < -0.4 is 5.32 Å². The van der Waals surface area contributed by atoms with Gasteiger partial charge in [0.2, 0.25) is 0 Å². The molecule has 114 valence electrons. The Morgan fingerprint density at radius 2 is 2.05 bits per heavy atom. The first kappa shape index (κ1) is 14.9. The first-order valence-corrected chi connectivity index (χ1v) is 7.88. The van der Waals surface area contributed by atoms with Crippen LogP contribution in [0.5, 0.6) is 0 Å². The fraction of sp³-hybridized carbons (Fsp3) is 0.294. The Labute approximate surface area is 135 Å². The zero-order valence-corrected chi connectivity index (χ0v) is 13.3. The van der Waals surface area contributed by atoms with E-state index in [0.29, 0.717) is 5.02 Å². The van der Waals surface area contributed by atoms with Crippen LogP contribution in [0.4, 0.5) is 5.69 Å². The Balaban J connectivity index is 1.55.